The standard InChI is InChI=1S/C13H17ClN2O/c1-5-17-12-7-6-10(8-11(12)14)16(4)13(2,3)9-15/h6-8H,5H2,1-4H3. The molecule has 0 saturated heterocycles. The highest BCUT2D eigenvalue weighted by Crippen LogP contribution is 2.31. The van der Waals surface area contributed by atoms with Crippen molar-refractivity contribution >= 4 is 17.3 Å². The van der Waals surface area contributed by atoms with Gasteiger partial charge < -0.3 is 9.64 Å². The van der Waals surface area contributed by atoms with E-state index in [-0.39, 0.29) is 0 Å². The molecular formula is C13H17ClN2O. The third-order valence-electron chi connectivity index (χ3n) is 2.71. The second-order valence-corrected chi connectivity index (χ2v) is 4.68. The summed E-state index contributed by atoms with van der Waals surface area (Å²) in [5, 5.41) is 9.64. The molecule has 3 nitrogen and oxygen atoms in total. The van der Waals surface area contributed by atoms with Crippen molar-refractivity contribution < 1.29 is 4.74 Å². The molecule has 0 bridgehead atoms. The lowest BCUT2D eigenvalue weighted by Gasteiger charge is -2.31. The first-order valence-corrected chi connectivity index (χ1v) is 5.87. The molecule has 0 heterocycles. The molecule has 0 fully saturated rings. The van der Waals surface area contributed by atoms with Crippen molar-refractivity contribution in [2.75, 3.05) is 18.6 Å². The van der Waals surface area contributed by atoms with Gasteiger partial charge in [-0.05, 0) is 39.0 Å². The lowest BCUT2D eigenvalue weighted by atomic mass is 10.1. The fraction of sp³-hybridized carbons (Fsp3) is 0.462. The molecule has 0 aliphatic heterocycles. The number of benzene rings is 1. The van der Waals surface area contributed by atoms with Crippen LogP contribution in [0.25, 0.3) is 0 Å². The molecule has 0 aliphatic carbocycles. The van der Waals surface area contributed by atoms with Gasteiger partial charge in [0.05, 0.1) is 17.7 Å². The predicted octanol–water partition coefficient (Wildman–Crippen LogP) is 3.48. The molecule has 0 saturated carbocycles. The van der Waals surface area contributed by atoms with Gasteiger partial charge in [-0.15, -0.1) is 0 Å². The summed E-state index contributed by atoms with van der Waals surface area (Å²) >= 11 is 6.11. The number of hydrogen-bond acceptors (Lipinski definition) is 3. The molecule has 1 aromatic rings. The molecule has 4 heteroatoms. The number of ether oxygens (including phenoxy) is 1. The van der Waals surface area contributed by atoms with Crippen LogP contribution in [-0.4, -0.2) is 19.2 Å². The van der Waals surface area contributed by atoms with Crippen LogP contribution in [0.5, 0.6) is 5.75 Å². The van der Waals surface area contributed by atoms with Gasteiger partial charge in [0.1, 0.15) is 11.3 Å². The average molecular weight is 253 g/mol. The average Bonchev–Trinajstić information content (AvgIpc) is 2.31. The third kappa shape index (κ3) is 3.04. The Bertz CT molecular complexity index is 438. The van der Waals surface area contributed by atoms with Gasteiger partial charge in [-0.1, -0.05) is 11.6 Å². The van der Waals surface area contributed by atoms with Crippen LogP contribution < -0.4 is 9.64 Å². The Morgan fingerprint density at radius 2 is 2.12 bits per heavy atom. The predicted molar refractivity (Wildman–Crippen MR) is 70.7 cm³/mol. The Labute approximate surface area is 108 Å². The molecule has 0 N–H and O–H groups in total. The van der Waals surface area contributed by atoms with Crippen LogP contribution >= 0.6 is 11.6 Å². The highest BCUT2D eigenvalue weighted by molar-refractivity contribution is 6.32. The van der Waals surface area contributed by atoms with Gasteiger partial charge in [0.2, 0.25) is 0 Å². The minimum atomic E-state index is -0.573. The van der Waals surface area contributed by atoms with Crippen molar-refractivity contribution in [3.63, 3.8) is 0 Å². The Morgan fingerprint density at radius 1 is 1.47 bits per heavy atom. The van der Waals surface area contributed by atoms with Crippen LogP contribution in [0.2, 0.25) is 5.02 Å². The van der Waals surface area contributed by atoms with E-state index in [0.717, 1.165) is 5.69 Å². The number of nitriles is 1. The molecule has 0 aliphatic rings. The summed E-state index contributed by atoms with van der Waals surface area (Å²) in [6.45, 7) is 6.21. The van der Waals surface area contributed by atoms with Crippen molar-refractivity contribution in [1.82, 2.24) is 0 Å². The van der Waals surface area contributed by atoms with Crippen LogP contribution in [0.1, 0.15) is 20.8 Å². The summed E-state index contributed by atoms with van der Waals surface area (Å²) in [5.41, 5.74) is 0.321. The van der Waals surface area contributed by atoms with Crippen LogP contribution in [0.15, 0.2) is 18.2 Å². The van der Waals surface area contributed by atoms with Gasteiger partial charge in [0.25, 0.3) is 0 Å². The van der Waals surface area contributed by atoms with Crippen LogP contribution in [-0.2, 0) is 0 Å². The lowest BCUT2D eigenvalue weighted by Crippen LogP contribution is -2.39. The van der Waals surface area contributed by atoms with Crippen LogP contribution in [0.4, 0.5) is 5.69 Å². The van der Waals surface area contributed by atoms with Gasteiger partial charge in [0, 0.05) is 12.7 Å². The zero-order valence-electron chi connectivity index (χ0n) is 10.6. The maximum absolute atomic E-state index is 9.08. The summed E-state index contributed by atoms with van der Waals surface area (Å²) in [7, 11) is 1.87. The van der Waals surface area contributed by atoms with Gasteiger partial charge >= 0.3 is 0 Å². The van der Waals surface area contributed by atoms with Crippen LogP contribution in [0.3, 0.4) is 0 Å². The second kappa shape index (κ2) is 5.29. The molecule has 1 rings (SSSR count). The highest BCUT2D eigenvalue weighted by atomic mass is 35.5. The fourth-order valence-electron chi connectivity index (χ4n) is 1.37. The summed E-state index contributed by atoms with van der Waals surface area (Å²) in [5.74, 6) is 0.668. The van der Waals surface area contributed by atoms with Crippen molar-refractivity contribution in [3.05, 3.63) is 23.2 Å². The van der Waals surface area contributed by atoms with E-state index in [1.165, 1.54) is 0 Å². The van der Waals surface area contributed by atoms with E-state index in [0.29, 0.717) is 17.4 Å². The maximum Gasteiger partial charge on any atom is 0.138 e. The molecule has 1 aromatic carbocycles. The lowest BCUT2D eigenvalue weighted by molar-refractivity contribution is 0.340. The molecule has 0 spiro atoms. The maximum atomic E-state index is 9.08. The van der Waals surface area contributed by atoms with Gasteiger partial charge in [-0.2, -0.15) is 5.26 Å². The second-order valence-electron chi connectivity index (χ2n) is 4.28. The van der Waals surface area contributed by atoms with Gasteiger partial charge in [-0.25, -0.2) is 0 Å². The Kier molecular flexibility index (Phi) is 4.25. The number of nitrogens with zero attached hydrogens (tertiary/aromatic N) is 2. The summed E-state index contributed by atoms with van der Waals surface area (Å²) in [6, 6.07) is 7.78. The highest BCUT2D eigenvalue weighted by Gasteiger charge is 2.23. The number of halogens is 1. The van der Waals surface area contributed by atoms with Crippen molar-refractivity contribution in [1.29, 1.82) is 5.26 Å². The van der Waals surface area contributed by atoms with Crippen molar-refractivity contribution in [2.45, 2.75) is 26.3 Å². The normalized spacial score (nSPS) is 10.8. The van der Waals surface area contributed by atoms with E-state index in [1.54, 1.807) is 0 Å². The van der Waals surface area contributed by atoms with Crippen LogP contribution in [0, 0.1) is 11.3 Å². The van der Waals surface area contributed by atoms with E-state index in [2.05, 4.69) is 6.07 Å². The van der Waals surface area contributed by atoms with Crippen molar-refractivity contribution in [2.24, 2.45) is 0 Å². The van der Waals surface area contributed by atoms with E-state index >= 15 is 0 Å². The monoisotopic (exact) mass is 252 g/mol. The van der Waals surface area contributed by atoms with E-state index in [9.17, 15) is 0 Å². The molecule has 0 radical (unpaired) electrons. The zero-order valence-corrected chi connectivity index (χ0v) is 11.4. The Balaban J connectivity index is 3.02. The largest absolute Gasteiger partial charge is 0.492 e. The first-order valence-electron chi connectivity index (χ1n) is 5.49. The van der Waals surface area contributed by atoms with Gasteiger partial charge in [-0.3, -0.25) is 0 Å². The SMILES string of the molecule is CCOc1ccc(N(C)C(C)(C)C#N)cc1Cl. The first-order chi connectivity index (χ1) is 7.92. The minimum absolute atomic E-state index is 0.560. The summed E-state index contributed by atoms with van der Waals surface area (Å²) < 4.78 is 5.37. The molecule has 0 unspecified atom stereocenters. The summed E-state index contributed by atoms with van der Waals surface area (Å²) in [6.07, 6.45) is 0. The fourth-order valence-corrected chi connectivity index (χ4v) is 1.60. The molecule has 17 heavy (non-hydrogen) atoms. The molecule has 92 valence electrons. The minimum Gasteiger partial charge on any atom is -0.492 e. The number of rotatable bonds is 4. The number of anilines is 1. The van der Waals surface area contributed by atoms with Crippen molar-refractivity contribution in [3.8, 4) is 11.8 Å². The smallest absolute Gasteiger partial charge is 0.138 e. The quantitative estimate of drug-likeness (QED) is 0.823. The third-order valence-corrected chi connectivity index (χ3v) is 3.01. The Hall–Kier alpha value is -1.40. The first kappa shape index (κ1) is 13.7. The van der Waals surface area contributed by atoms with E-state index < -0.39 is 5.54 Å². The zero-order chi connectivity index (χ0) is 13.1. The summed E-state index contributed by atoms with van der Waals surface area (Å²) in [4.78, 5) is 1.88. The topological polar surface area (TPSA) is 36.3 Å². The molecular weight excluding hydrogens is 236 g/mol. The van der Waals surface area contributed by atoms with E-state index in [4.69, 9.17) is 21.6 Å². The molecule has 0 amide bonds. The van der Waals surface area contributed by atoms with E-state index in [1.807, 2.05) is 50.9 Å². The number of hydrogen-bond donors (Lipinski definition) is 0. The molecule has 0 atom stereocenters. The Morgan fingerprint density at radius 3 is 2.59 bits per heavy atom. The van der Waals surface area contributed by atoms with Gasteiger partial charge in [0.15, 0.2) is 0 Å². The molecule has 0 aromatic heterocycles.